The van der Waals surface area contributed by atoms with Crippen LogP contribution in [0.3, 0.4) is 0 Å². The van der Waals surface area contributed by atoms with E-state index in [0.29, 0.717) is 37.4 Å². The van der Waals surface area contributed by atoms with E-state index in [1.54, 1.807) is 17.9 Å². The molecule has 2 fully saturated rings. The van der Waals surface area contributed by atoms with Crippen molar-refractivity contribution >= 4 is 15.9 Å². The van der Waals surface area contributed by atoms with Gasteiger partial charge in [0.25, 0.3) is 5.91 Å². The van der Waals surface area contributed by atoms with Gasteiger partial charge in [-0.25, -0.2) is 8.42 Å². The van der Waals surface area contributed by atoms with Gasteiger partial charge in [-0.2, -0.15) is 4.31 Å². The first-order chi connectivity index (χ1) is 9.38. The zero-order valence-electron chi connectivity index (χ0n) is 11.4. The Morgan fingerprint density at radius 1 is 1.35 bits per heavy atom. The van der Waals surface area contributed by atoms with Gasteiger partial charge in [0.05, 0.1) is 12.3 Å². The number of aromatic nitrogens is 1. The number of hydrogen-bond acceptors (Lipinski definition) is 5. The molecule has 0 aromatic carbocycles. The highest BCUT2D eigenvalue weighted by atomic mass is 32.2. The van der Waals surface area contributed by atoms with Gasteiger partial charge in [0.1, 0.15) is 5.76 Å². The fourth-order valence-corrected chi connectivity index (χ4v) is 4.40. The molecule has 2 atom stereocenters. The molecule has 110 valence electrons. The number of hydrogen-bond donors (Lipinski definition) is 0. The Kier molecular flexibility index (Phi) is 3.09. The third-order valence-electron chi connectivity index (χ3n) is 4.06. The van der Waals surface area contributed by atoms with E-state index < -0.39 is 10.0 Å². The molecule has 20 heavy (non-hydrogen) atoms. The summed E-state index contributed by atoms with van der Waals surface area (Å²) in [5, 5.41) is 3.74. The maximum absolute atomic E-state index is 12.4. The van der Waals surface area contributed by atoms with Gasteiger partial charge in [-0.1, -0.05) is 5.16 Å². The van der Waals surface area contributed by atoms with Gasteiger partial charge in [-0.05, 0) is 19.8 Å². The monoisotopic (exact) mass is 299 g/mol. The molecular weight excluding hydrogens is 282 g/mol. The highest BCUT2D eigenvalue weighted by Crippen LogP contribution is 2.33. The lowest BCUT2D eigenvalue weighted by molar-refractivity contribution is 0.0724. The molecular formula is C12H17N3O4S. The third-order valence-corrected chi connectivity index (χ3v) is 5.36. The Morgan fingerprint density at radius 3 is 2.65 bits per heavy atom. The Bertz CT molecular complexity index is 639. The average molecular weight is 299 g/mol. The first kappa shape index (κ1) is 13.6. The van der Waals surface area contributed by atoms with Crippen molar-refractivity contribution in [3.05, 3.63) is 17.5 Å². The van der Waals surface area contributed by atoms with Crippen LogP contribution >= 0.6 is 0 Å². The largest absolute Gasteiger partial charge is 0.361 e. The molecule has 1 aromatic rings. The Labute approximate surface area is 117 Å². The zero-order valence-corrected chi connectivity index (χ0v) is 12.3. The number of carbonyl (C=O) groups excluding carboxylic acids is 1. The zero-order chi connectivity index (χ0) is 14.5. The van der Waals surface area contributed by atoms with Crippen LogP contribution in [-0.2, 0) is 10.0 Å². The molecule has 3 heterocycles. The summed E-state index contributed by atoms with van der Waals surface area (Å²) in [7, 11) is -3.21. The quantitative estimate of drug-likeness (QED) is 0.780. The van der Waals surface area contributed by atoms with Crippen LogP contribution in [0.25, 0.3) is 0 Å². The Morgan fingerprint density at radius 2 is 2.05 bits per heavy atom. The number of carbonyl (C=O) groups is 1. The molecule has 0 saturated carbocycles. The summed E-state index contributed by atoms with van der Waals surface area (Å²) in [6.07, 6.45) is 2.58. The predicted molar refractivity (Wildman–Crippen MR) is 70.6 cm³/mol. The topological polar surface area (TPSA) is 83.7 Å². The van der Waals surface area contributed by atoms with E-state index in [1.807, 2.05) is 0 Å². The van der Waals surface area contributed by atoms with E-state index in [4.69, 9.17) is 4.52 Å². The molecule has 0 unspecified atom stereocenters. The average Bonchev–Trinajstić information content (AvgIpc) is 3.00. The third kappa shape index (κ3) is 2.12. The summed E-state index contributed by atoms with van der Waals surface area (Å²) < 4.78 is 29.9. The van der Waals surface area contributed by atoms with Crippen LogP contribution in [0.15, 0.2) is 10.6 Å². The van der Waals surface area contributed by atoms with Gasteiger partial charge in [-0.15, -0.1) is 0 Å². The fraction of sp³-hybridized carbons (Fsp3) is 0.667. The number of fused-ring (bicyclic) bond motifs is 1. The standard InChI is InChI=1S/C12H17N3O4S/c1-8-7-9(13-19-8)12(16)14-5-3-11-10(14)4-6-15(11)20(2,17)18/h7,10-11H,3-6H2,1-2H3/t10-,11+/m0/s1. The minimum atomic E-state index is -3.21. The fourth-order valence-electron chi connectivity index (χ4n) is 3.22. The van der Waals surface area contributed by atoms with Crippen molar-refractivity contribution in [3.63, 3.8) is 0 Å². The van der Waals surface area contributed by atoms with Crippen molar-refractivity contribution in [2.24, 2.45) is 0 Å². The van der Waals surface area contributed by atoms with Gasteiger partial charge in [0, 0.05) is 25.2 Å². The van der Waals surface area contributed by atoms with Gasteiger partial charge < -0.3 is 9.42 Å². The van der Waals surface area contributed by atoms with Crippen LogP contribution in [0, 0.1) is 6.92 Å². The van der Waals surface area contributed by atoms with E-state index in [9.17, 15) is 13.2 Å². The second-order valence-corrected chi connectivity index (χ2v) is 7.34. The maximum atomic E-state index is 12.4. The first-order valence-corrected chi connectivity index (χ1v) is 8.44. The molecule has 0 aliphatic carbocycles. The second-order valence-electron chi connectivity index (χ2n) is 5.41. The molecule has 0 spiro atoms. The van der Waals surface area contributed by atoms with Crippen molar-refractivity contribution in [1.29, 1.82) is 0 Å². The van der Waals surface area contributed by atoms with Gasteiger partial charge in [0.2, 0.25) is 10.0 Å². The van der Waals surface area contributed by atoms with Crippen molar-refractivity contribution in [2.45, 2.75) is 31.8 Å². The smallest absolute Gasteiger partial charge is 0.276 e. The molecule has 2 aliphatic rings. The summed E-state index contributed by atoms with van der Waals surface area (Å²) in [6.45, 7) is 2.78. The number of sulfonamides is 1. The van der Waals surface area contributed by atoms with E-state index in [0.717, 1.165) is 0 Å². The lowest BCUT2D eigenvalue weighted by Crippen LogP contribution is -2.41. The van der Waals surface area contributed by atoms with Crippen LogP contribution in [0.1, 0.15) is 29.1 Å². The molecule has 2 saturated heterocycles. The highest BCUT2D eigenvalue weighted by molar-refractivity contribution is 7.88. The number of aryl methyl sites for hydroxylation is 1. The molecule has 0 bridgehead atoms. The summed E-state index contributed by atoms with van der Waals surface area (Å²) in [6, 6.07) is 1.47. The number of rotatable bonds is 2. The number of amides is 1. The maximum Gasteiger partial charge on any atom is 0.276 e. The molecule has 0 N–H and O–H groups in total. The van der Waals surface area contributed by atoms with Crippen molar-refractivity contribution in [3.8, 4) is 0 Å². The lowest BCUT2D eigenvalue weighted by atomic mass is 10.1. The van der Waals surface area contributed by atoms with E-state index in [2.05, 4.69) is 5.16 Å². The summed E-state index contributed by atoms with van der Waals surface area (Å²) in [5.41, 5.74) is 0.293. The first-order valence-electron chi connectivity index (χ1n) is 6.59. The van der Waals surface area contributed by atoms with Crippen LogP contribution in [0.4, 0.5) is 0 Å². The summed E-state index contributed by atoms with van der Waals surface area (Å²) in [4.78, 5) is 14.1. The van der Waals surface area contributed by atoms with Gasteiger partial charge >= 0.3 is 0 Å². The Balaban J connectivity index is 1.80. The number of likely N-dealkylation sites (tertiary alicyclic amines) is 1. The normalized spacial score (nSPS) is 27.0. The summed E-state index contributed by atoms with van der Waals surface area (Å²) >= 11 is 0. The van der Waals surface area contributed by atoms with Crippen LogP contribution in [-0.4, -0.2) is 60.1 Å². The van der Waals surface area contributed by atoms with E-state index in [1.165, 1.54) is 10.6 Å². The SMILES string of the molecule is Cc1cc(C(=O)N2CC[C@@H]3[C@@H]2CCN3S(C)(=O)=O)no1. The van der Waals surface area contributed by atoms with Crippen LogP contribution in [0.5, 0.6) is 0 Å². The predicted octanol–water partition coefficient (Wildman–Crippen LogP) is 0.231. The summed E-state index contributed by atoms with van der Waals surface area (Å²) in [5.74, 6) is 0.415. The highest BCUT2D eigenvalue weighted by Gasteiger charge is 2.47. The molecule has 1 amide bonds. The van der Waals surface area contributed by atoms with Crippen LogP contribution in [0.2, 0.25) is 0 Å². The Hall–Kier alpha value is -1.41. The van der Waals surface area contributed by atoms with Gasteiger partial charge in [-0.3, -0.25) is 4.79 Å². The van der Waals surface area contributed by atoms with Crippen LogP contribution < -0.4 is 0 Å². The van der Waals surface area contributed by atoms with Crippen molar-refractivity contribution < 1.29 is 17.7 Å². The van der Waals surface area contributed by atoms with Gasteiger partial charge in [0.15, 0.2) is 5.69 Å². The minimum absolute atomic E-state index is 0.0470. The molecule has 2 aliphatic heterocycles. The lowest BCUT2D eigenvalue weighted by Gasteiger charge is -2.23. The molecule has 0 radical (unpaired) electrons. The van der Waals surface area contributed by atoms with E-state index in [-0.39, 0.29) is 18.0 Å². The molecule has 7 nitrogen and oxygen atoms in total. The minimum Gasteiger partial charge on any atom is -0.361 e. The van der Waals surface area contributed by atoms with E-state index >= 15 is 0 Å². The molecule has 3 rings (SSSR count). The second kappa shape index (κ2) is 4.56. The molecule has 8 heteroatoms. The van der Waals surface area contributed by atoms with Crippen molar-refractivity contribution in [1.82, 2.24) is 14.4 Å². The molecule has 1 aromatic heterocycles. The van der Waals surface area contributed by atoms with Crippen molar-refractivity contribution in [2.75, 3.05) is 19.3 Å². The number of nitrogens with zero attached hydrogens (tertiary/aromatic N) is 3.